The molecule has 226 valence electrons. The van der Waals surface area contributed by atoms with Gasteiger partial charge in [-0.15, -0.1) is 0 Å². The van der Waals surface area contributed by atoms with E-state index in [0.29, 0.717) is 39.5 Å². The third-order valence-corrected chi connectivity index (χ3v) is 8.04. The number of hydrogen-bond acceptors (Lipinski definition) is 8. The Morgan fingerprint density at radius 3 is 2.49 bits per heavy atom. The van der Waals surface area contributed by atoms with Crippen molar-refractivity contribution in [2.45, 2.75) is 33.3 Å². The van der Waals surface area contributed by atoms with Crippen LogP contribution in [0.1, 0.15) is 49.9 Å². The molecule has 9 heteroatoms. The zero-order chi connectivity index (χ0) is 31.8. The Morgan fingerprint density at radius 2 is 1.76 bits per heavy atom. The average Bonchev–Trinajstić information content (AvgIpc) is 3.38. The summed E-state index contributed by atoms with van der Waals surface area (Å²) in [4.78, 5) is 13.2. The van der Waals surface area contributed by atoms with Gasteiger partial charge in [0.05, 0.1) is 13.0 Å². The Hall–Kier alpha value is -5.75. The number of aryl methyl sites for hydroxylation is 3. The summed E-state index contributed by atoms with van der Waals surface area (Å²) in [5.74, 6) is -0.0241. The van der Waals surface area contributed by atoms with Crippen LogP contribution in [0.2, 0.25) is 0 Å². The molecule has 8 nitrogen and oxygen atoms in total. The maximum absolute atomic E-state index is 13.3. The highest BCUT2D eigenvalue weighted by Gasteiger charge is 2.32. The summed E-state index contributed by atoms with van der Waals surface area (Å²) in [5, 5.41) is 10.9. The maximum atomic E-state index is 13.3. The van der Waals surface area contributed by atoms with Crippen molar-refractivity contribution >= 4 is 16.9 Å². The van der Waals surface area contributed by atoms with Crippen LogP contribution >= 0.6 is 0 Å². The minimum absolute atomic E-state index is 0.0620. The van der Waals surface area contributed by atoms with Crippen LogP contribution in [0, 0.1) is 37.9 Å². The van der Waals surface area contributed by atoms with Crippen molar-refractivity contribution in [1.82, 2.24) is 0 Å². The Morgan fingerprint density at radius 1 is 0.978 bits per heavy atom. The summed E-state index contributed by atoms with van der Waals surface area (Å²) in [6.07, 6.45) is 0. The third-order valence-electron chi connectivity index (χ3n) is 8.04. The molecule has 1 aliphatic heterocycles. The van der Waals surface area contributed by atoms with Gasteiger partial charge in [0.1, 0.15) is 41.1 Å². The van der Waals surface area contributed by atoms with E-state index in [-0.39, 0.29) is 35.4 Å². The molecule has 1 atom stereocenters. The molecular weight excluding hydrogens is 575 g/mol. The number of carbonyl (C=O) groups is 1. The largest absolute Gasteiger partial charge is 0.493 e. The highest BCUT2D eigenvalue weighted by Crippen LogP contribution is 2.45. The molecule has 1 aromatic heterocycles. The second-order valence-electron chi connectivity index (χ2n) is 10.8. The predicted molar refractivity (Wildman–Crippen MR) is 165 cm³/mol. The van der Waals surface area contributed by atoms with E-state index in [1.807, 2.05) is 39.0 Å². The van der Waals surface area contributed by atoms with Gasteiger partial charge >= 0.3 is 5.97 Å². The number of allylic oxidation sites excluding steroid dienone is 1. The van der Waals surface area contributed by atoms with Crippen LogP contribution in [-0.4, -0.2) is 13.1 Å². The molecule has 0 spiro atoms. The normalized spacial score (nSPS) is 14.0. The van der Waals surface area contributed by atoms with Crippen LogP contribution in [0.3, 0.4) is 0 Å². The van der Waals surface area contributed by atoms with Gasteiger partial charge in [-0.05, 0) is 73.4 Å². The van der Waals surface area contributed by atoms with Gasteiger partial charge in [0.15, 0.2) is 11.5 Å². The van der Waals surface area contributed by atoms with E-state index in [9.17, 15) is 14.4 Å². The average molecular weight is 605 g/mol. The van der Waals surface area contributed by atoms with Gasteiger partial charge in [0.2, 0.25) is 11.6 Å². The first-order valence-electron chi connectivity index (χ1n) is 14.2. The molecule has 4 aromatic carbocycles. The lowest BCUT2D eigenvalue weighted by Crippen LogP contribution is -2.21. The highest BCUT2D eigenvalue weighted by molar-refractivity contribution is 5.98. The molecule has 6 rings (SSSR count). The van der Waals surface area contributed by atoms with Gasteiger partial charge in [0, 0.05) is 22.6 Å². The van der Waals surface area contributed by atoms with E-state index in [4.69, 9.17) is 29.1 Å². The first-order chi connectivity index (χ1) is 21.7. The lowest BCUT2D eigenvalue weighted by atomic mass is 9.83. The minimum atomic E-state index is -0.643. The number of hydrogen-bond donors (Lipinski definition) is 1. The molecule has 1 unspecified atom stereocenters. The van der Waals surface area contributed by atoms with Crippen molar-refractivity contribution in [2.75, 3.05) is 7.11 Å². The SMILES string of the molecule is COc1cc(C2C(C#N)=C(N)Oc3cc(OC(=O)c4oc5c(C)c(C)ccc5c4C)ccc32)ccc1OCc1ccc(F)cc1. The van der Waals surface area contributed by atoms with Crippen LogP contribution < -0.4 is 24.7 Å². The smallest absolute Gasteiger partial charge is 0.379 e. The molecule has 1 aliphatic rings. The first kappa shape index (κ1) is 29.3. The number of nitrogens with zero attached hydrogens (tertiary/aromatic N) is 1. The molecule has 0 aliphatic carbocycles. The minimum Gasteiger partial charge on any atom is -0.493 e. The fourth-order valence-corrected chi connectivity index (χ4v) is 5.43. The number of halogens is 1. The topological polar surface area (TPSA) is 117 Å². The number of nitriles is 1. The van der Waals surface area contributed by atoms with E-state index < -0.39 is 11.9 Å². The van der Waals surface area contributed by atoms with Crippen LogP contribution in [-0.2, 0) is 6.61 Å². The van der Waals surface area contributed by atoms with E-state index in [0.717, 1.165) is 22.1 Å². The van der Waals surface area contributed by atoms with E-state index in [1.54, 1.807) is 42.5 Å². The second-order valence-corrected chi connectivity index (χ2v) is 10.8. The molecule has 5 aromatic rings. The van der Waals surface area contributed by atoms with Crippen molar-refractivity contribution in [2.24, 2.45) is 5.73 Å². The lowest BCUT2D eigenvalue weighted by molar-refractivity contribution is 0.0702. The van der Waals surface area contributed by atoms with E-state index in [2.05, 4.69) is 6.07 Å². The van der Waals surface area contributed by atoms with Crippen molar-refractivity contribution in [3.8, 4) is 29.1 Å². The number of esters is 1. The van der Waals surface area contributed by atoms with Crippen molar-refractivity contribution in [3.05, 3.63) is 129 Å². The number of rotatable bonds is 7. The van der Waals surface area contributed by atoms with Crippen molar-refractivity contribution in [1.29, 1.82) is 5.26 Å². The number of nitrogens with two attached hydrogens (primary N) is 1. The third kappa shape index (κ3) is 5.43. The summed E-state index contributed by atoms with van der Waals surface area (Å²) in [6.45, 7) is 5.96. The number of furan rings is 1. The molecule has 0 amide bonds. The first-order valence-corrected chi connectivity index (χ1v) is 14.2. The summed E-state index contributed by atoms with van der Waals surface area (Å²) in [7, 11) is 1.52. The van der Waals surface area contributed by atoms with Crippen LogP contribution in [0.25, 0.3) is 11.0 Å². The number of methoxy groups -OCH3 is 1. The van der Waals surface area contributed by atoms with Gasteiger partial charge in [-0.3, -0.25) is 0 Å². The Balaban J connectivity index is 1.28. The summed E-state index contributed by atoms with van der Waals surface area (Å²) >= 11 is 0. The molecule has 0 saturated heterocycles. The molecule has 0 bridgehead atoms. The Bertz CT molecular complexity index is 2040. The van der Waals surface area contributed by atoms with E-state index >= 15 is 0 Å². The molecule has 0 fully saturated rings. The summed E-state index contributed by atoms with van der Waals surface area (Å²) in [6, 6.07) is 22.4. The number of benzene rings is 4. The predicted octanol–water partition coefficient (Wildman–Crippen LogP) is 7.52. The lowest BCUT2D eigenvalue weighted by Gasteiger charge is -2.27. The monoisotopic (exact) mass is 604 g/mol. The van der Waals surface area contributed by atoms with Crippen LogP contribution in [0.4, 0.5) is 4.39 Å². The van der Waals surface area contributed by atoms with Gasteiger partial charge in [-0.25, -0.2) is 9.18 Å². The fourth-order valence-electron chi connectivity index (χ4n) is 5.43. The van der Waals surface area contributed by atoms with Gasteiger partial charge < -0.3 is 29.1 Å². The number of fused-ring (bicyclic) bond motifs is 2. The zero-order valence-corrected chi connectivity index (χ0v) is 25.1. The second kappa shape index (κ2) is 11.7. The number of carbonyl (C=O) groups excluding carboxylic acids is 1. The fraction of sp³-hybridized carbons (Fsp3) is 0.167. The quantitative estimate of drug-likeness (QED) is 0.150. The molecule has 2 N–H and O–H groups in total. The summed E-state index contributed by atoms with van der Waals surface area (Å²) in [5.41, 5.74) is 11.9. The zero-order valence-electron chi connectivity index (χ0n) is 25.1. The van der Waals surface area contributed by atoms with Crippen LogP contribution in [0.15, 0.2) is 88.7 Å². The van der Waals surface area contributed by atoms with Crippen molar-refractivity contribution < 1.29 is 32.5 Å². The van der Waals surface area contributed by atoms with Gasteiger partial charge in [-0.1, -0.05) is 36.4 Å². The molecule has 0 radical (unpaired) electrons. The molecular formula is C36H29FN2O6. The van der Waals surface area contributed by atoms with Gasteiger partial charge in [-0.2, -0.15) is 5.26 Å². The molecule has 0 saturated carbocycles. The number of ether oxygens (including phenoxy) is 4. The Kier molecular flexibility index (Phi) is 7.65. The van der Waals surface area contributed by atoms with Crippen molar-refractivity contribution in [3.63, 3.8) is 0 Å². The van der Waals surface area contributed by atoms with Crippen LogP contribution in [0.5, 0.6) is 23.0 Å². The molecule has 2 heterocycles. The van der Waals surface area contributed by atoms with E-state index in [1.165, 1.54) is 19.2 Å². The maximum Gasteiger partial charge on any atom is 0.379 e. The highest BCUT2D eigenvalue weighted by atomic mass is 19.1. The standard InChI is InChI=1S/C36H29FN2O6/c1-19-5-12-26-21(3)34(45-33(26)20(19)2)36(40)43-25-11-13-27-30(16-25)44-35(39)28(17-38)32(27)23-8-14-29(31(15-23)41-4)42-18-22-6-9-24(37)10-7-22/h5-16,32H,18,39H2,1-4H3. The summed E-state index contributed by atoms with van der Waals surface area (Å²) < 4.78 is 42.3. The Labute approximate surface area is 259 Å². The molecule has 45 heavy (non-hydrogen) atoms. The van der Waals surface area contributed by atoms with Gasteiger partial charge in [0.25, 0.3) is 0 Å².